The molecule has 0 unspecified atom stereocenters. The summed E-state index contributed by atoms with van der Waals surface area (Å²) in [6.07, 6.45) is 2.64. The number of hydrogen-bond donors (Lipinski definition) is 1. The molecule has 0 aliphatic heterocycles. The van der Waals surface area contributed by atoms with E-state index in [-0.39, 0.29) is 5.91 Å². The molecule has 1 N–H and O–H groups in total. The lowest BCUT2D eigenvalue weighted by atomic mass is 10.2. The van der Waals surface area contributed by atoms with Gasteiger partial charge in [0.15, 0.2) is 0 Å². The third kappa shape index (κ3) is 3.23. The minimum absolute atomic E-state index is 0.0160. The average molecular weight is 308 g/mol. The summed E-state index contributed by atoms with van der Waals surface area (Å²) < 4.78 is 6.11. The summed E-state index contributed by atoms with van der Waals surface area (Å²) in [5, 5.41) is 2.89. The summed E-state index contributed by atoms with van der Waals surface area (Å²) in [6.45, 7) is 1.99. The van der Waals surface area contributed by atoms with Gasteiger partial charge < -0.3 is 9.73 Å². The third-order valence-electron chi connectivity index (χ3n) is 2.64. The topological polar surface area (TPSA) is 42.2 Å². The number of anilines is 1. The van der Waals surface area contributed by atoms with Crippen LogP contribution in [0.4, 0.5) is 5.69 Å². The fourth-order valence-electron chi connectivity index (χ4n) is 1.65. The first kappa shape index (κ1) is 12.9. The standard InChI is InChI=1S/C14H14BrNO2/c1-10-4-2-6-12(14(10)15)16-13(17)8-7-11-5-3-9-18-11/h2-6,9H,7-8H2,1H3,(H,16,17). The molecule has 3 nitrogen and oxygen atoms in total. The molecule has 1 heterocycles. The van der Waals surface area contributed by atoms with Crippen molar-refractivity contribution in [3.05, 3.63) is 52.4 Å². The van der Waals surface area contributed by atoms with Crippen molar-refractivity contribution in [2.45, 2.75) is 19.8 Å². The predicted molar refractivity (Wildman–Crippen MR) is 74.5 cm³/mol. The van der Waals surface area contributed by atoms with E-state index in [1.54, 1.807) is 6.26 Å². The maximum absolute atomic E-state index is 11.8. The van der Waals surface area contributed by atoms with Crippen LogP contribution in [0.1, 0.15) is 17.7 Å². The molecule has 1 aromatic carbocycles. The Bertz CT molecular complexity index is 535. The van der Waals surface area contributed by atoms with E-state index in [0.29, 0.717) is 12.8 Å². The number of furan rings is 1. The van der Waals surface area contributed by atoms with Crippen molar-refractivity contribution in [3.8, 4) is 0 Å². The highest BCUT2D eigenvalue weighted by Crippen LogP contribution is 2.25. The van der Waals surface area contributed by atoms with Gasteiger partial charge in [-0.05, 0) is 46.6 Å². The van der Waals surface area contributed by atoms with Crippen LogP contribution in [-0.4, -0.2) is 5.91 Å². The molecule has 0 radical (unpaired) electrons. The number of carbonyl (C=O) groups is 1. The third-order valence-corrected chi connectivity index (χ3v) is 3.70. The Morgan fingerprint density at radius 1 is 1.33 bits per heavy atom. The van der Waals surface area contributed by atoms with Gasteiger partial charge >= 0.3 is 0 Å². The molecule has 1 amide bonds. The highest BCUT2D eigenvalue weighted by molar-refractivity contribution is 9.10. The van der Waals surface area contributed by atoms with E-state index in [1.165, 1.54) is 0 Å². The number of rotatable bonds is 4. The zero-order valence-corrected chi connectivity index (χ0v) is 11.7. The van der Waals surface area contributed by atoms with Gasteiger partial charge in [-0.3, -0.25) is 4.79 Å². The Morgan fingerprint density at radius 3 is 2.89 bits per heavy atom. The largest absolute Gasteiger partial charge is 0.469 e. The summed E-state index contributed by atoms with van der Waals surface area (Å²) in [7, 11) is 0. The number of aryl methyl sites for hydroxylation is 2. The molecule has 0 aliphatic carbocycles. The van der Waals surface area contributed by atoms with Crippen LogP contribution in [0.2, 0.25) is 0 Å². The fourth-order valence-corrected chi connectivity index (χ4v) is 2.01. The lowest BCUT2D eigenvalue weighted by Crippen LogP contribution is -2.12. The van der Waals surface area contributed by atoms with Crippen molar-refractivity contribution in [1.82, 2.24) is 0 Å². The first-order valence-electron chi connectivity index (χ1n) is 5.74. The van der Waals surface area contributed by atoms with Gasteiger partial charge in [-0.2, -0.15) is 0 Å². The van der Waals surface area contributed by atoms with Crippen LogP contribution >= 0.6 is 15.9 Å². The monoisotopic (exact) mass is 307 g/mol. The van der Waals surface area contributed by atoms with Crippen molar-refractivity contribution >= 4 is 27.5 Å². The molecule has 2 aromatic rings. The highest BCUT2D eigenvalue weighted by Gasteiger charge is 2.07. The molecule has 4 heteroatoms. The molecule has 0 bridgehead atoms. The van der Waals surface area contributed by atoms with Crippen molar-refractivity contribution in [1.29, 1.82) is 0 Å². The molecule has 0 saturated heterocycles. The van der Waals surface area contributed by atoms with E-state index in [1.807, 2.05) is 37.3 Å². The van der Waals surface area contributed by atoms with Gasteiger partial charge in [0.05, 0.1) is 12.0 Å². The van der Waals surface area contributed by atoms with E-state index < -0.39 is 0 Å². The van der Waals surface area contributed by atoms with Gasteiger partial charge in [-0.1, -0.05) is 12.1 Å². The van der Waals surface area contributed by atoms with Gasteiger partial charge in [0.25, 0.3) is 0 Å². The number of carbonyl (C=O) groups excluding carboxylic acids is 1. The van der Waals surface area contributed by atoms with Crippen molar-refractivity contribution < 1.29 is 9.21 Å². The Balaban J connectivity index is 1.93. The summed E-state index contributed by atoms with van der Waals surface area (Å²) in [5.74, 6) is 0.811. The minimum atomic E-state index is -0.0160. The molecule has 0 saturated carbocycles. The van der Waals surface area contributed by atoms with Crippen molar-refractivity contribution in [3.63, 3.8) is 0 Å². The number of benzene rings is 1. The van der Waals surface area contributed by atoms with Gasteiger partial charge in [-0.15, -0.1) is 0 Å². The second-order valence-corrected chi connectivity index (χ2v) is 4.86. The average Bonchev–Trinajstić information content (AvgIpc) is 2.86. The quantitative estimate of drug-likeness (QED) is 0.930. The van der Waals surface area contributed by atoms with Gasteiger partial charge in [0, 0.05) is 17.3 Å². The van der Waals surface area contributed by atoms with E-state index in [2.05, 4.69) is 21.2 Å². The Hall–Kier alpha value is -1.55. The van der Waals surface area contributed by atoms with Gasteiger partial charge in [0.2, 0.25) is 5.91 Å². The molecule has 0 fully saturated rings. The number of hydrogen-bond acceptors (Lipinski definition) is 2. The fraction of sp³-hybridized carbons (Fsp3) is 0.214. The summed E-state index contributed by atoms with van der Waals surface area (Å²) in [6, 6.07) is 9.48. The maximum Gasteiger partial charge on any atom is 0.224 e. The zero-order chi connectivity index (χ0) is 13.0. The number of nitrogens with one attached hydrogen (secondary N) is 1. The van der Waals surface area contributed by atoms with Gasteiger partial charge in [0.1, 0.15) is 5.76 Å². The molecule has 1 aromatic heterocycles. The van der Waals surface area contributed by atoms with E-state index in [0.717, 1.165) is 21.5 Å². The first-order valence-corrected chi connectivity index (χ1v) is 6.53. The van der Waals surface area contributed by atoms with E-state index in [9.17, 15) is 4.79 Å². The second-order valence-electron chi connectivity index (χ2n) is 4.06. The number of halogens is 1. The SMILES string of the molecule is Cc1cccc(NC(=O)CCc2ccco2)c1Br. The van der Waals surface area contributed by atoms with Gasteiger partial charge in [-0.25, -0.2) is 0 Å². The Morgan fingerprint density at radius 2 is 2.17 bits per heavy atom. The van der Waals surface area contributed by atoms with Crippen LogP contribution in [0.15, 0.2) is 45.5 Å². The zero-order valence-electron chi connectivity index (χ0n) is 10.1. The smallest absolute Gasteiger partial charge is 0.224 e. The van der Waals surface area contributed by atoms with Crippen LogP contribution in [-0.2, 0) is 11.2 Å². The summed E-state index contributed by atoms with van der Waals surface area (Å²) >= 11 is 3.47. The maximum atomic E-state index is 11.8. The molecule has 18 heavy (non-hydrogen) atoms. The molecule has 0 spiro atoms. The van der Waals surface area contributed by atoms with Crippen LogP contribution in [0.3, 0.4) is 0 Å². The van der Waals surface area contributed by atoms with Crippen LogP contribution < -0.4 is 5.32 Å². The lowest BCUT2D eigenvalue weighted by Gasteiger charge is -2.08. The van der Waals surface area contributed by atoms with Crippen LogP contribution in [0.25, 0.3) is 0 Å². The van der Waals surface area contributed by atoms with Crippen LogP contribution in [0, 0.1) is 6.92 Å². The number of amides is 1. The van der Waals surface area contributed by atoms with Crippen LogP contribution in [0.5, 0.6) is 0 Å². The first-order chi connectivity index (χ1) is 8.66. The van der Waals surface area contributed by atoms with E-state index in [4.69, 9.17) is 4.42 Å². The molecule has 0 atom stereocenters. The normalized spacial score (nSPS) is 10.3. The van der Waals surface area contributed by atoms with Crippen molar-refractivity contribution in [2.75, 3.05) is 5.32 Å². The molecular formula is C14H14BrNO2. The molecule has 0 aliphatic rings. The second kappa shape index (κ2) is 5.87. The van der Waals surface area contributed by atoms with Crippen molar-refractivity contribution in [2.24, 2.45) is 0 Å². The molecular weight excluding hydrogens is 294 g/mol. The lowest BCUT2D eigenvalue weighted by molar-refractivity contribution is -0.116. The minimum Gasteiger partial charge on any atom is -0.469 e. The Labute approximate surface area is 114 Å². The molecule has 94 valence electrons. The predicted octanol–water partition coefficient (Wildman–Crippen LogP) is 3.92. The Kier molecular flexibility index (Phi) is 4.20. The summed E-state index contributed by atoms with van der Waals surface area (Å²) in [5.41, 5.74) is 1.90. The molecule has 2 rings (SSSR count). The summed E-state index contributed by atoms with van der Waals surface area (Å²) in [4.78, 5) is 11.8. The highest BCUT2D eigenvalue weighted by atomic mass is 79.9. The van der Waals surface area contributed by atoms with E-state index >= 15 is 0 Å².